The van der Waals surface area contributed by atoms with Gasteiger partial charge in [-0.25, -0.2) is 0 Å². The molecule has 0 amide bonds. The Labute approximate surface area is 124 Å². The van der Waals surface area contributed by atoms with Gasteiger partial charge in [-0.15, -0.1) is 0 Å². The van der Waals surface area contributed by atoms with Crippen LogP contribution in [0.1, 0.15) is 37.8 Å². The summed E-state index contributed by atoms with van der Waals surface area (Å²) in [5.41, 5.74) is 3.10. The topological polar surface area (TPSA) is 15.3 Å². The van der Waals surface area contributed by atoms with Crippen LogP contribution in [-0.4, -0.2) is 37.6 Å². The Kier molecular flexibility index (Phi) is 5.62. The van der Waals surface area contributed by atoms with E-state index in [2.05, 4.69) is 62.4 Å². The van der Waals surface area contributed by atoms with Gasteiger partial charge in [0.25, 0.3) is 0 Å². The molecule has 0 heterocycles. The quantitative estimate of drug-likeness (QED) is 0.857. The van der Waals surface area contributed by atoms with Gasteiger partial charge in [0.05, 0.1) is 0 Å². The molecule has 0 radical (unpaired) electrons. The van der Waals surface area contributed by atoms with Crippen LogP contribution in [0.3, 0.4) is 0 Å². The highest BCUT2D eigenvalue weighted by Crippen LogP contribution is 2.21. The lowest BCUT2D eigenvalue weighted by molar-refractivity contribution is 0.237. The largest absolute Gasteiger partial charge is 0.312 e. The summed E-state index contributed by atoms with van der Waals surface area (Å²) in [5, 5.41) is 3.81. The number of benzene rings is 1. The van der Waals surface area contributed by atoms with Gasteiger partial charge in [-0.1, -0.05) is 38.1 Å². The molecule has 2 heteroatoms. The summed E-state index contributed by atoms with van der Waals surface area (Å²) in [4.78, 5) is 2.36. The number of nitrogens with zero attached hydrogens (tertiary/aromatic N) is 1. The van der Waals surface area contributed by atoms with Gasteiger partial charge in [-0.2, -0.15) is 0 Å². The predicted molar refractivity (Wildman–Crippen MR) is 87.2 cm³/mol. The zero-order valence-corrected chi connectivity index (χ0v) is 13.5. The van der Waals surface area contributed by atoms with E-state index >= 15 is 0 Å². The van der Waals surface area contributed by atoms with E-state index in [0.717, 1.165) is 12.5 Å². The molecule has 0 saturated heterocycles. The van der Waals surface area contributed by atoms with Gasteiger partial charge in [0.2, 0.25) is 0 Å². The highest BCUT2D eigenvalue weighted by molar-refractivity contribution is 5.30. The Hall–Kier alpha value is -0.860. The van der Waals surface area contributed by atoms with Crippen LogP contribution >= 0.6 is 0 Å². The van der Waals surface area contributed by atoms with Crippen LogP contribution in [0.15, 0.2) is 24.3 Å². The Morgan fingerprint density at radius 3 is 2.55 bits per heavy atom. The number of hydrogen-bond donors (Lipinski definition) is 1. The van der Waals surface area contributed by atoms with E-state index in [1.54, 1.807) is 11.1 Å². The minimum atomic E-state index is 0.646. The number of fused-ring (bicyclic) bond motifs is 1. The van der Waals surface area contributed by atoms with Crippen LogP contribution in [0.25, 0.3) is 0 Å². The summed E-state index contributed by atoms with van der Waals surface area (Å²) in [6.07, 6.45) is 4.96. The van der Waals surface area contributed by atoms with Crippen molar-refractivity contribution in [2.45, 2.75) is 51.6 Å². The van der Waals surface area contributed by atoms with Crippen molar-refractivity contribution in [3.05, 3.63) is 35.4 Å². The van der Waals surface area contributed by atoms with Crippen LogP contribution in [0.5, 0.6) is 0 Å². The van der Waals surface area contributed by atoms with E-state index in [-0.39, 0.29) is 0 Å². The fourth-order valence-corrected chi connectivity index (χ4v) is 3.20. The van der Waals surface area contributed by atoms with E-state index in [1.807, 2.05) is 0 Å². The summed E-state index contributed by atoms with van der Waals surface area (Å²) < 4.78 is 0. The summed E-state index contributed by atoms with van der Waals surface area (Å²) in [6, 6.07) is 10.2. The molecule has 1 aliphatic rings. The molecular weight excluding hydrogens is 244 g/mol. The summed E-state index contributed by atoms with van der Waals surface area (Å²) in [5.74, 6) is 0.760. The highest BCUT2D eigenvalue weighted by Gasteiger charge is 2.20. The molecule has 0 saturated carbocycles. The third-order valence-electron chi connectivity index (χ3n) is 4.46. The van der Waals surface area contributed by atoms with Crippen LogP contribution in [0, 0.1) is 5.92 Å². The minimum absolute atomic E-state index is 0.646. The lowest BCUT2D eigenvalue weighted by Crippen LogP contribution is -2.44. The molecule has 1 aliphatic carbocycles. The van der Waals surface area contributed by atoms with Gasteiger partial charge in [0, 0.05) is 18.6 Å². The second-order valence-corrected chi connectivity index (χ2v) is 6.86. The van der Waals surface area contributed by atoms with Gasteiger partial charge in [-0.05, 0) is 56.8 Å². The van der Waals surface area contributed by atoms with Crippen molar-refractivity contribution in [3.8, 4) is 0 Å². The molecule has 0 bridgehead atoms. The lowest BCUT2D eigenvalue weighted by Gasteiger charge is -2.31. The van der Waals surface area contributed by atoms with Gasteiger partial charge in [0.1, 0.15) is 0 Å². The smallest absolute Gasteiger partial charge is 0.0217 e. The number of likely N-dealkylation sites (N-methyl/N-ethyl adjacent to an activating group) is 1. The van der Waals surface area contributed by atoms with Crippen molar-refractivity contribution in [3.63, 3.8) is 0 Å². The monoisotopic (exact) mass is 274 g/mol. The maximum atomic E-state index is 3.81. The fourth-order valence-electron chi connectivity index (χ4n) is 3.20. The Morgan fingerprint density at radius 2 is 1.90 bits per heavy atom. The fraction of sp³-hybridized carbons (Fsp3) is 0.667. The van der Waals surface area contributed by atoms with Crippen molar-refractivity contribution in [2.75, 3.05) is 20.6 Å². The number of nitrogens with one attached hydrogen (secondary N) is 1. The van der Waals surface area contributed by atoms with E-state index in [0.29, 0.717) is 12.1 Å². The predicted octanol–water partition coefficient (Wildman–Crippen LogP) is 3.11. The summed E-state index contributed by atoms with van der Waals surface area (Å²) in [7, 11) is 4.40. The molecule has 20 heavy (non-hydrogen) atoms. The molecular formula is C18H30N2. The van der Waals surface area contributed by atoms with E-state index < -0.39 is 0 Å². The molecule has 1 aromatic carbocycles. The summed E-state index contributed by atoms with van der Waals surface area (Å²) >= 11 is 0. The Bertz CT molecular complexity index is 412. The molecule has 0 spiro atoms. The molecule has 1 N–H and O–H groups in total. The van der Waals surface area contributed by atoms with Gasteiger partial charge < -0.3 is 10.2 Å². The minimum Gasteiger partial charge on any atom is -0.312 e. The maximum Gasteiger partial charge on any atom is 0.0217 e. The zero-order chi connectivity index (χ0) is 14.5. The van der Waals surface area contributed by atoms with Crippen LogP contribution in [0.2, 0.25) is 0 Å². The van der Waals surface area contributed by atoms with Crippen molar-refractivity contribution in [2.24, 2.45) is 5.92 Å². The standard InChI is InChI=1S/C18H30N2/c1-14(2)11-18(20(3)4)13-19-17-10-9-15-7-5-6-8-16(15)12-17/h5-8,14,17-19H,9-13H2,1-4H3. The van der Waals surface area contributed by atoms with Crippen LogP contribution in [0.4, 0.5) is 0 Å². The molecule has 2 nitrogen and oxygen atoms in total. The molecule has 2 atom stereocenters. The van der Waals surface area contributed by atoms with E-state index in [4.69, 9.17) is 0 Å². The van der Waals surface area contributed by atoms with Crippen molar-refractivity contribution < 1.29 is 0 Å². The first-order valence-corrected chi connectivity index (χ1v) is 8.03. The maximum absolute atomic E-state index is 3.81. The second kappa shape index (κ2) is 7.24. The Morgan fingerprint density at radius 1 is 1.20 bits per heavy atom. The SMILES string of the molecule is CC(C)CC(CNC1CCc2ccccc2C1)N(C)C. The van der Waals surface area contributed by atoms with E-state index in [9.17, 15) is 0 Å². The first-order valence-electron chi connectivity index (χ1n) is 8.03. The van der Waals surface area contributed by atoms with Crippen molar-refractivity contribution >= 4 is 0 Å². The van der Waals surface area contributed by atoms with Gasteiger partial charge in [-0.3, -0.25) is 0 Å². The average molecular weight is 274 g/mol. The molecule has 0 aromatic heterocycles. The zero-order valence-electron chi connectivity index (χ0n) is 13.5. The Balaban J connectivity index is 1.85. The first kappa shape index (κ1) is 15.5. The van der Waals surface area contributed by atoms with Crippen LogP contribution < -0.4 is 5.32 Å². The molecule has 2 unspecified atom stereocenters. The van der Waals surface area contributed by atoms with E-state index in [1.165, 1.54) is 25.7 Å². The summed E-state index contributed by atoms with van der Waals surface area (Å²) in [6.45, 7) is 5.73. The lowest BCUT2D eigenvalue weighted by atomic mass is 9.88. The normalized spacial score (nSPS) is 20.2. The highest BCUT2D eigenvalue weighted by atomic mass is 15.1. The number of aryl methyl sites for hydroxylation is 1. The molecule has 0 aliphatic heterocycles. The van der Waals surface area contributed by atoms with Crippen molar-refractivity contribution in [1.82, 2.24) is 10.2 Å². The average Bonchev–Trinajstić information content (AvgIpc) is 2.42. The number of rotatable bonds is 6. The van der Waals surface area contributed by atoms with Gasteiger partial charge in [0.15, 0.2) is 0 Å². The second-order valence-electron chi connectivity index (χ2n) is 6.86. The van der Waals surface area contributed by atoms with Crippen molar-refractivity contribution in [1.29, 1.82) is 0 Å². The van der Waals surface area contributed by atoms with Gasteiger partial charge >= 0.3 is 0 Å². The third kappa shape index (κ3) is 4.32. The molecule has 1 aromatic rings. The first-order chi connectivity index (χ1) is 9.56. The molecule has 0 fully saturated rings. The molecule has 112 valence electrons. The molecule has 2 rings (SSSR count). The number of hydrogen-bond acceptors (Lipinski definition) is 2. The third-order valence-corrected chi connectivity index (χ3v) is 4.46. The van der Waals surface area contributed by atoms with Crippen LogP contribution in [-0.2, 0) is 12.8 Å².